The maximum Gasteiger partial charge on any atom is 0.416 e. The number of alkyl halides is 9. The topological polar surface area (TPSA) is 20.3 Å². The van der Waals surface area contributed by atoms with E-state index in [0.29, 0.717) is 49.0 Å². The number of hydrogen-bond donors (Lipinski definition) is 0. The van der Waals surface area contributed by atoms with Gasteiger partial charge in [0.25, 0.3) is 0 Å². The molecule has 0 aromatic heterocycles. The van der Waals surface area contributed by atoms with Gasteiger partial charge in [0.05, 0.1) is 16.7 Å². The first-order valence-electron chi connectivity index (χ1n) is 14.6. The van der Waals surface area contributed by atoms with Crippen molar-refractivity contribution >= 4 is 5.78 Å². The molecule has 2 unspecified atom stereocenters. The molecule has 3 aromatic carbocycles. The lowest BCUT2D eigenvalue weighted by Crippen LogP contribution is -2.34. The zero-order valence-corrected chi connectivity index (χ0v) is 25.0. The minimum atomic E-state index is -4.95. The molecule has 1 fully saturated rings. The molecule has 1 aliphatic heterocycles. The fourth-order valence-electron chi connectivity index (χ4n) is 5.98. The van der Waals surface area contributed by atoms with Gasteiger partial charge in [-0.05, 0) is 103 Å². The Morgan fingerprint density at radius 1 is 0.778 bits per heavy atom. The van der Waals surface area contributed by atoms with Crippen LogP contribution in [0.4, 0.5) is 39.5 Å². The average Bonchev–Trinajstić information content (AvgIpc) is 2.94. The number of hydrogen-bond acceptors (Lipinski definition) is 2. The number of carbonyl (C=O) groups is 1. The third-order valence-corrected chi connectivity index (χ3v) is 8.15. The van der Waals surface area contributed by atoms with Crippen LogP contribution in [0.1, 0.15) is 85.3 Å². The van der Waals surface area contributed by atoms with Gasteiger partial charge in [-0.1, -0.05) is 44.2 Å². The number of rotatable bonds is 8. The van der Waals surface area contributed by atoms with E-state index in [9.17, 15) is 44.3 Å². The number of benzene rings is 3. The van der Waals surface area contributed by atoms with E-state index in [1.54, 1.807) is 0 Å². The maximum atomic E-state index is 13.4. The SMILES string of the molecule is CC(=O)C(CC(C)C)c1cc(-c2ccc(C(F)(F)F)cc2)cc(C2CCCN(Cc3cc(C(F)(F)F)cc(C(F)(F)F)c3)C2)c1. The molecule has 2 atom stereocenters. The van der Waals surface area contributed by atoms with Crippen molar-refractivity contribution in [3.63, 3.8) is 0 Å². The zero-order valence-electron chi connectivity index (χ0n) is 25.0. The summed E-state index contributed by atoms with van der Waals surface area (Å²) < 4.78 is 120. The first-order valence-corrected chi connectivity index (χ1v) is 14.6. The van der Waals surface area contributed by atoms with Gasteiger partial charge in [0.1, 0.15) is 5.78 Å². The largest absolute Gasteiger partial charge is 0.416 e. The van der Waals surface area contributed by atoms with Gasteiger partial charge < -0.3 is 0 Å². The molecule has 244 valence electrons. The Balaban J connectivity index is 1.70. The molecule has 0 saturated carbocycles. The number of halogens is 9. The van der Waals surface area contributed by atoms with Crippen molar-refractivity contribution in [2.24, 2.45) is 5.92 Å². The number of nitrogens with zero attached hydrogens (tertiary/aromatic N) is 1. The molecule has 0 spiro atoms. The number of likely N-dealkylation sites (tertiary alicyclic amines) is 1. The van der Waals surface area contributed by atoms with Gasteiger partial charge in [0.15, 0.2) is 0 Å². The second-order valence-electron chi connectivity index (χ2n) is 12.2. The zero-order chi connectivity index (χ0) is 33.3. The summed E-state index contributed by atoms with van der Waals surface area (Å²) in [6.45, 7) is 6.12. The van der Waals surface area contributed by atoms with E-state index in [1.165, 1.54) is 19.1 Å². The van der Waals surface area contributed by atoms with Crippen LogP contribution in [0.2, 0.25) is 0 Å². The molecule has 1 saturated heterocycles. The summed E-state index contributed by atoms with van der Waals surface area (Å²) in [7, 11) is 0. The monoisotopic (exact) mass is 643 g/mol. The van der Waals surface area contributed by atoms with E-state index in [1.807, 2.05) is 36.9 Å². The highest BCUT2D eigenvalue weighted by Gasteiger charge is 2.37. The van der Waals surface area contributed by atoms with Crippen molar-refractivity contribution in [1.29, 1.82) is 0 Å². The maximum absolute atomic E-state index is 13.4. The van der Waals surface area contributed by atoms with Gasteiger partial charge in [-0.3, -0.25) is 9.69 Å². The predicted octanol–water partition coefficient (Wildman–Crippen LogP) is 10.5. The number of piperidine rings is 1. The normalized spacial score (nSPS) is 17.5. The molecular weight excluding hydrogens is 609 g/mol. The Labute approximate surface area is 256 Å². The van der Waals surface area contributed by atoms with Gasteiger partial charge in [-0.2, -0.15) is 39.5 Å². The van der Waals surface area contributed by atoms with Crippen LogP contribution in [0, 0.1) is 5.92 Å². The highest BCUT2D eigenvalue weighted by atomic mass is 19.4. The second kappa shape index (κ2) is 13.2. The van der Waals surface area contributed by atoms with Gasteiger partial charge in [-0.25, -0.2) is 0 Å². The Morgan fingerprint density at radius 3 is 1.87 bits per heavy atom. The van der Waals surface area contributed by atoms with E-state index in [4.69, 9.17) is 0 Å². The highest BCUT2D eigenvalue weighted by Crippen LogP contribution is 2.39. The minimum Gasteiger partial charge on any atom is -0.299 e. The van der Waals surface area contributed by atoms with Crippen molar-refractivity contribution < 1.29 is 44.3 Å². The van der Waals surface area contributed by atoms with Gasteiger partial charge >= 0.3 is 18.5 Å². The summed E-state index contributed by atoms with van der Waals surface area (Å²) in [5.74, 6) is -0.513. The Bertz CT molecular complexity index is 1460. The molecule has 3 aromatic rings. The molecule has 0 N–H and O–H groups in total. The van der Waals surface area contributed by atoms with Crippen LogP contribution in [-0.4, -0.2) is 23.8 Å². The quantitative estimate of drug-likeness (QED) is 0.228. The molecule has 11 heteroatoms. The van der Waals surface area contributed by atoms with Crippen LogP contribution in [0.15, 0.2) is 60.7 Å². The standard InChI is InChI=1S/C34H34F9NO/c1-20(2)11-31(21(3)45)27-15-25(23-6-8-28(9-7-23)32(35,36)37)14-26(16-27)24-5-4-10-44(19-24)18-22-12-29(33(38,39)40)17-30(13-22)34(41,42)43/h6-9,12-17,20,24,31H,4-5,10-11,18-19H2,1-3H3. The first-order chi connectivity index (χ1) is 20.8. The molecule has 45 heavy (non-hydrogen) atoms. The third-order valence-electron chi connectivity index (χ3n) is 8.15. The number of Topliss-reactive ketones (excluding diaryl/α,β-unsaturated/α-hetero) is 1. The summed E-state index contributed by atoms with van der Waals surface area (Å²) in [5, 5.41) is 0. The molecule has 1 aliphatic rings. The molecular formula is C34H34F9NO. The van der Waals surface area contributed by atoms with Crippen LogP contribution >= 0.6 is 0 Å². The molecule has 0 aliphatic carbocycles. The number of carbonyl (C=O) groups excluding carboxylic acids is 1. The molecule has 4 rings (SSSR count). The molecule has 1 heterocycles. The van der Waals surface area contributed by atoms with Crippen molar-refractivity contribution in [2.75, 3.05) is 13.1 Å². The van der Waals surface area contributed by atoms with Crippen molar-refractivity contribution in [3.8, 4) is 11.1 Å². The van der Waals surface area contributed by atoms with Crippen molar-refractivity contribution in [1.82, 2.24) is 4.90 Å². The minimum absolute atomic E-state index is 0.0606. The lowest BCUT2D eigenvalue weighted by Gasteiger charge is -2.34. The summed E-state index contributed by atoms with van der Waals surface area (Å²) in [6.07, 6.45) is -12.5. The summed E-state index contributed by atoms with van der Waals surface area (Å²) >= 11 is 0. The van der Waals surface area contributed by atoms with Crippen molar-refractivity contribution in [2.45, 2.75) is 76.9 Å². The molecule has 0 bridgehead atoms. The average molecular weight is 644 g/mol. The molecule has 2 nitrogen and oxygen atoms in total. The Kier molecular flexibility index (Phi) is 10.1. The van der Waals surface area contributed by atoms with Gasteiger partial charge in [-0.15, -0.1) is 0 Å². The fraction of sp³-hybridized carbons (Fsp3) is 0.441. The van der Waals surface area contributed by atoms with Crippen LogP contribution in [0.5, 0.6) is 0 Å². The summed E-state index contributed by atoms with van der Waals surface area (Å²) in [5.41, 5.74) is -0.966. The predicted molar refractivity (Wildman–Crippen MR) is 153 cm³/mol. The number of ketones is 1. The third kappa shape index (κ3) is 8.89. The van der Waals surface area contributed by atoms with E-state index in [2.05, 4.69) is 0 Å². The first kappa shape index (κ1) is 34.5. The lowest BCUT2D eigenvalue weighted by molar-refractivity contribution is -0.143. The second-order valence-corrected chi connectivity index (χ2v) is 12.2. The van der Waals surface area contributed by atoms with E-state index in [0.717, 1.165) is 29.8 Å². The Morgan fingerprint density at radius 2 is 1.36 bits per heavy atom. The van der Waals surface area contributed by atoms with Crippen LogP contribution in [0.25, 0.3) is 11.1 Å². The van der Waals surface area contributed by atoms with Crippen LogP contribution < -0.4 is 0 Å². The van der Waals surface area contributed by atoms with E-state index >= 15 is 0 Å². The Hall–Kier alpha value is -3.34. The fourth-order valence-corrected chi connectivity index (χ4v) is 5.98. The van der Waals surface area contributed by atoms with Crippen molar-refractivity contribution in [3.05, 3.63) is 94.0 Å². The molecule has 0 radical (unpaired) electrons. The van der Waals surface area contributed by atoms with Gasteiger partial charge in [0, 0.05) is 19.0 Å². The van der Waals surface area contributed by atoms with E-state index < -0.39 is 41.1 Å². The highest BCUT2D eigenvalue weighted by molar-refractivity contribution is 5.84. The molecule has 0 amide bonds. The smallest absolute Gasteiger partial charge is 0.299 e. The summed E-state index contributed by atoms with van der Waals surface area (Å²) in [4.78, 5) is 14.5. The van der Waals surface area contributed by atoms with Gasteiger partial charge in [0.2, 0.25) is 0 Å². The van der Waals surface area contributed by atoms with Crippen LogP contribution in [0.3, 0.4) is 0 Å². The lowest BCUT2D eigenvalue weighted by atomic mass is 9.82. The van der Waals surface area contributed by atoms with Crippen LogP contribution in [-0.2, 0) is 29.9 Å². The summed E-state index contributed by atoms with van der Waals surface area (Å²) in [6, 6.07) is 11.9. The van der Waals surface area contributed by atoms with E-state index in [-0.39, 0.29) is 35.8 Å².